The first-order chi connectivity index (χ1) is 15.0. The molecule has 1 aliphatic heterocycles. The van der Waals surface area contributed by atoms with Crippen molar-refractivity contribution in [3.05, 3.63) is 47.8 Å². The molecule has 1 aromatic heterocycles. The van der Waals surface area contributed by atoms with Gasteiger partial charge in [-0.1, -0.05) is 18.2 Å². The number of amides is 2. The van der Waals surface area contributed by atoms with Gasteiger partial charge in [0.25, 0.3) is 5.91 Å². The van der Waals surface area contributed by atoms with Gasteiger partial charge in [0.2, 0.25) is 5.91 Å². The van der Waals surface area contributed by atoms with E-state index in [-0.39, 0.29) is 31.8 Å². The van der Waals surface area contributed by atoms with Gasteiger partial charge < -0.3 is 10.2 Å². The maximum atomic E-state index is 13.4. The third-order valence-electron chi connectivity index (χ3n) is 5.20. The van der Waals surface area contributed by atoms with Gasteiger partial charge >= 0.3 is 6.18 Å². The van der Waals surface area contributed by atoms with E-state index in [0.29, 0.717) is 18.7 Å². The first-order valence-electron chi connectivity index (χ1n) is 9.94. The van der Waals surface area contributed by atoms with Crippen LogP contribution in [0.5, 0.6) is 0 Å². The van der Waals surface area contributed by atoms with E-state index in [1.807, 2.05) is 0 Å². The number of nitrogens with zero attached hydrogens (tertiary/aromatic N) is 3. The summed E-state index contributed by atoms with van der Waals surface area (Å²) < 4.78 is 64.3. The van der Waals surface area contributed by atoms with E-state index in [2.05, 4.69) is 10.4 Å². The molecule has 1 aliphatic rings. The number of carbonyl (C=O) groups excluding carboxylic acids is 2. The molecule has 174 valence electrons. The average Bonchev–Trinajstić information content (AvgIpc) is 3.39. The van der Waals surface area contributed by atoms with E-state index in [9.17, 15) is 31.2 Å². The van der Waals surface area contributed by atoms with Crippen LogP contribution >= 0.6 is 0 Å². The minimum atomic E-state index is -4.81. The van der Waals surface area contributed by atoms with Crippen molar-refractivity contribution >= 4 is 21.7 Å². The second-order valence-corrected chi connectivity index (χ2v) is 9.93. The minimum absolute atomic E-state index is 0.0122. The summed E-state index contributed by atoms with van der Waals surface area (Å²) in [6, 6.07) is 8.11. The molecular weight excluding hydrogens is 449 g/mol. The Morgan fingerprint density at radius 3 is 2.50 bits per heavy atom. The van der Waals surface area contributed by atoms with Crippen LogP contribution in [0, 0.1) is 0 Å². The van der Waals surface area contributed by atoms with E-state index >= 15 is 0 Å². The first-order valence-corrected chi connectivity index (χ1v) is 11.9. The van der Waals surface area contributed by atoms with Crippen molar-refractivity contribution in [2.75, 3.05) is 25.9 Å². The molecule has 1 fully saturated rings. The van der Waals surface area contributed by atoms with Crippen LogP contribution in [0.25, 0.3) is 5.69 Å². The van der Waals surface area contributed by atoms with Crippen molar-refractivity contribution in [3.63, 3.8) is 0 Å². The van der Waals surface area contributed by atoms with Crippen LogP contribution in [0.15, 0.2) is 36.5 Å². The molecular formula is C20H23F3N4O4S. The van der Waals surface area contributed by atoms with E-state index in [0.717, 1.165) is 17.1 Å². The largest absolute Gasteiger partial charge is 0.435 e. The summed E-state index contributed by atoms with van der Waals surface area (Å²) >= 11 is 0. The molecule has 0 bridgehead atoms. The molecule has 0 aliphatic carbocycles. The number of alkyl halides is 3. The fourth-order valence-corrected chi connectivity index (χ4v) is 4.45. The van der Waals surface area contributed by atoms with Gasteiger partial charge in [-0.25, -0.2) is 13.1 Å². The maximum absolute atomic E-state index is 13.4. The summed E-state index contributed by atoms with van der Waals surface area (Å²) in [5.74, 6) is -1.19. The van der Waals surface area contributed by atoms with Gasteiger partial charge in [-0.3, -0.25) is 9.59 Å². The molecule has 12 heteroatoms. The van der Waals surface area contributed by atoms with Crippen molar-refractivity contribution in [1.82, 2.24) is 20.0 Å². The molecule has 0 radical (unpaired) electrons. The van der Waals surface area contributed by atoms with Gasteiger partial charge in [-0.05, 0) is 25.0 Å². The highest BCUT2D eigenvalue weighted by Gasteiger charge is 2.39. The zero-order valence-electron chi connectivity index (χ0n) is 17.3. The molecule has 2 heterocycles. The second kappa shape index (κ2) is 9.31. The fraction of sp³-hybridized carbons (Fsp3) is 0.450. The van der Waals surface area contributed by atoms with Gasteiger partial charge in [-0.2, -0.15) is 18.3 Å². The molecule has 1 atom stereocenters. The van der Waals surface area contributed by atoms with Crippen LogP contribution in [0.4, 0.5) is 13.2 Å². The van der Waals surface area contributed by atoms with Crippen LogP contribution in [-0.4, -0.2) is 66.1 Å². The Bertz CT molecular complexity index is 1080. The summed E-state index contributed by atoms with van der Waals surface area (Å²) in [5.41, 5.74) is -1.53. The van der Waals surface area contributed by atoms with Crippen LogP contribution in [0.1, 0.15) is 35.3 Å². The van der Waals surface area contributed by atoms with E-state index in [1.165, 1.54) is 4.90 Å². The van der Waals surface area contributed by atoms with Crippen molar-refractivity contribution in [2.45, 2.75) is 30.7 Å². The number of rotatable bonds is 7. The van der Waals surface area contributed by atoms with Crippen LogP contribution in [0.2, 0.25) is 0 Å². The smallest absolute Gasteiger partial charge is 0.352 e. The quantitative estimate of drug-likeness (QED) is 0.622. The number of para-hydroxylation sites is 1. The molecule has 1 aromatic carbocycles. The maximum Gasteiger partial charge on any atom is 0.435 e. The topological polar surface area (TPSA) is 101 Å². The number of likely N-dealkylation sites (tertiary alicyclic amines) is 1. The van der Waals surface area contributed by atoms with E-state index < -0.39 is 38.4 Å². The number of nitrogens with one attached hydrogen (secondary N) is 1. The molecule has 1 N–H and O–H groups in total. The van der Waals surface area contributed by atoms with Gasteiger partial charge in [-0.15, -0.1) is 0 Å². The minimum Gasteiger partial charge on any atom is -0.352 e. The zero-order chi connectivity index (χ0) is 23.5. The lowest BCUT2D eigenvalue weighted by Crippen LogP contribution is -2.32. The third-order valence-corrected chi connectivity index (χ3v) is 6.80. The van der Waals surface area contributed by atoms with Gasteiger partial charge in [0.1, 0.15) is 0 Å². The molecule has 32 heavy (non-hydrogen) atoms. The van der Waals surface area contributed by atoms with Crippen molar-refractivity contribution in [2.24, 2.45) is 0 Å². The predicted octanol–water partition coefficient (Wildman–Crippen LogP) is 2.05. The van der Waals surface area contributed by atoms with Gasteiger partial charge in [0.15, 0.2) is 15.5 Å². The number of hydrogen-bond acceptors (Lipinski definition) is 5. The molecule has 2 aromatic rings. The number of carbonyl (C=O) groups is 2. The first kappa shape index (κ1) is 23.8. The highest BCUT2D eigenvalue weighted by atomic mass is 32.2. The number of benzene rings is 1. The number of halogens is 3. The summed E-state index contributed by atoms with van der Waals surface area (Å²) in [5, 5.41) is 5.35. The summed E-state index contributed by atoms with van der Waals surface area (Å²) in [4.78, 5) is 26.1. The average molecular weight is 472 g/mol. The summed E-state index contributed by atoms with van der Waals surface area (Å²) in [7, 11) is -3.22. The van der Waals surface area contributed by atoms with Gasteiger partial charge in [0, 0.05) is 38.5 Å². The highest BCUT2D eigenvalue weighted by Crippen LogP contribution is 2.31. The number of hydrogen-bond donors (Lipinski definition) is 1. The molecule has 0 spiro atoms. The monoisotopic (exact) mass is 472 g/mol. The second-order valence-electron chi connectivity index (χ2n) is 7.61. The van der Waals surface area contributed by atoms with Crippen LogP contribution < -0.4 is 5.32 Å². The Labute approximate surface area is 183 Å². The normalized spacial score (nSPS) is 16.9. The van der Waals surface area contributed by atoms with Crippen LogP contribution in [0.3, 0.4) is 0 Å². The van der Waals surface area contributed by atoms with Gasteiger partial charge in [0.05, 0.1) is 16.5 Å². The Kier molecular flexibility index (Phi) is 6.91. The van der Waals surface area contributed by atoms with Crippen molar-refractivity contribution < 1.29 is 31.2 Å². The molecule has 8 nitrogen and oxygen atoms in total. The number of sulfone groups is 1. The number of aromatic nitrogens is 2. The lowest BCUT2D eigenvalue weighted by Gasteiger charge is -2.16. The van der Waals surface area contributed by atoms with E-state index in [1.54, 1.807) is 30.3 Å². The third kappa shape index (κ3) is 5.67. The SMILES string of the molecule is CS(=O)(=O)C1CCN(C(=O)CCCNC(=O)c2cn(-c3ccccc3)nc2C(F)(F)F)C1. The Morgan fingerprint density at radius 2 is 1.91 bits per heavy atom. The Hall–Kier alpha value is -2.89. The van der Waals surface area contributed by atoms with Crippen molar-refractivity contribution in [3.8, 4) is 5.69 Å². The molecule has 1 saturated heterocycles. The summed E-state index contributed by atoms with van der Waals surface area (Å²) in [6.07, 6.45) is -2.02. The lowest BCUT2D eigenvalue weighted by atomic mass is 10.2. The Balaban J connectivity index is 1.57. The lowest BCUT2D eigenvalue weighted by molar-refractivity contribution is -0.141. The highest BCUT2D eigenvalue weighted by molar-refractivity contribution is 7.91. The Morgan fingerprint density at radius 1 is 1.22 bits per heavy atom. The molecule has 0 saturated carbocycles. The summed E-state index contributed by atoms with van der Waals surface area (Å²) in [6.45, 7) is 0.468. The molecule has 3 rings (SSSR count). The van der Waals surface area contributed by atoms with Crippen molar-refractivity contribution in [1.29, 1.82) is 0 Å². The van der Waals surface area contributed by atoms with Crippen LogP contribution in [-0.2, 0) is 20.8 Å². The van der Waals surface area contributed by atoms with E-state index in [4.69, 9.17) is 0 Å². The zero-order valence-corrected chi connectivity index (χ0v) is 18.1. The fourth-order valence-electron chi connectivity index (χ4n) is 3.46. The molecule has 1 unspecified atom stereocenters. The standard InChI is InChI=1S/C20H23F3N4O4S/c1-32(30,31)15-9-11-26(12-15)17(28)8-5-10-24-19(29)16-13-27(14-6-3-2-4-7-14)25-18(16)20(21,22)23/h2-4,6-7,13,15H,5,8-12H2,1H3,(H,24,29). The predicted molar refractivity (Wildman–Crippen MR) is 110 cm³/mol. The molecule has 2 amide bonds.